The van der Waals surface area contributed by atoms with Gasteiger partial charge in [0.25, 0.3) is 0 Å². The average molecular weight is 235 g/mol. The van der Waals surface area contributed by atoms with Gasteiger partial charge in [-0.15, -0.1) is 0 Å². The van der Waals surface area contributed by atoms with Gasteiger partial charge in [0, 0.05) is 6.04 Å². The lowest BCUT2D eigenvalue weighted by Crippen LogP contribution is -2.51. The van der Waals surface area contributed by atoms with Crippen molar-refractivity contribution in [3.8, 4) is 0 Å². The van der Waals surface area contributed by atoms with Gasteiger partial charge in [-0.05, 0) is 19.8 Å². The number of carboxylic acid groups (broad SMARTS) is 1. The van der Waals surface area contributed by atoms with Crippen LogP contribution in [0.2, 0.25) is 0 Å². The summed E-state index contributed by atoms with van der Waals surface area (Å²) in [5, 5.41) is 9.13. The summed E-state index contributed by atoms with van der Waals surface area (Å²) in [7, 11) is -3.34. The molecular weight excluding hydrogens is 218 g/mol. The van der Waals surface area contributed by atoms with Crippen LogP contribution < -0.4 is 4.72 Å². The van der Waals surface area contributed by atoms with Gasteiger partial charge in [0.1, 0.15) is 0 Å². The second-order valence-electron chi connectivity index (χ2n) is 4.41. The van der Waals surface area contributed by atoms with Crippen molar-refractivity contribution in [2.24, 2.45) is 5.41 Å². The Labute approximate surface area is 89.9 Å². The number of hydrogen-bond acceptors (Lipinski definition) is 3. The smallest absolute Gasteiger partial charge is 0.310 e. The average Bonchev–Trinajstić information content (AvgIpc) is 2.06. The summed E-state index contributed by atoms with van der Waals surface area (Å²) < 4.78 is 24.6. The van der Waals surface area contributed by atoms with Crippen LogP contribution in [-0.2, 0) is 14.8 Å². The molecule has 0 spiro atoms. The van der Waals surface area contributed by atoms with E-state index in [0.29, 0.717) is 12.8 Å². The van der Waals surface area contributed by atoms with E-state index in [1.807, 2.05) is 0 Å². The van der Waals surface area contributed by atoms with Gasteiger partial charge in [-0.2, -0.15) is 0 Å². The highest BCUT2D eigenvalue weighted by Gasteiger charge is 2.44. The third-order valence-electron chi connectivity index (χ3n) is 3.05. The van der Waals surface area contributed by atoms with Crippen molar-refractivity contribution in [3.05, 3.63) is 0 Å². The molecule has 2 atom stereocenters. The molecule has 0 saturated heterocycles. The van der Waals surface area contributed by atoms with Crippen LogP contribution in [0.25, 0.3) is 0 Å². The normalized spacial score (nSPS) is 32.5. The zero-order chi connectivity index (χ0) is 11.7. The standard InChI is InChI=1S/C9H17NO4S/c1-9(8(11)12)6-4-3-5-7(9)10-15(2,13)14/h7,10H,3-6H2,1-2H3,(H,11,12). The molecule has 2 unspecified atom stereocenters. The molecule has 0 heterocycles. The SMILES string of the molecule is CC1(C(=O)O)CCCCC1NS(C)(=O)=O. The van der Waals surface area contributed by atoms with Crippen molar-refractivity contribution in [1.82, 2.24) is 4.72 Å². The van der Waals surface area contributed by atoms with Crippen LogP contribution in [0.5, 0.6) is 0 Å². The first-order chi connectivity index (χ1) is 6.76. The van der Waals surface area contributed by atoms with Gasteiger partial charge in [-0.25, -0.2) is 13.1 Å². The molecule has 2 N–H and O–H groups in total. The van der Waals surface area contributed by atoms with Gasteiger partial charge >= 0.3 is 5.97 Å². The number of carboxylic acids is 1. The Kier molecular flexibility index (Phi) is 3.40. The molecule has 5 nitrogen and oxygen atoms in total. The number of nitrogens with one attached hydrogen (secondary N) is 1. The van der Waals surface area contributed by atoms with E-state index >= 15 is 0 Å². The topological polar surface area (TPSA) is 83.5 Å². The first-order valence-corrected chi connectivity index (χ1v) is 6.85. The summed E-state index contributed by atoms with van der Waals surface area (Å²) >= 11 is 0. The molecule has 1 rings (SSSR count). The van der Waals surface area contributed by atoms with E-state index in [1.165, 1.54) is 0 Å². The highest BCUT2D eigenvalue weighted by molar-refractivity contribution is 7.88. The van der Waals surface area contributed by atoms with Gasteiger partial charge in [-0.3, -0.25) is 4.79 Å². The van der Waals surface area contributed by atoms with Gasteiger partial charge in [-0.1, -0.05) is 12.8 Å². The largest absolute Gasteiger partial charge is 0.481 e. The third-order valence-corrected chi connectivity index (χ3v) is 3.77. The van der Waals surface area contributed by atoms with Crippen LogP contribution in [0.4, 0.5) is 0 Å². The molecule has 1 saturated carbocycles. The molecule has 0 aromatic heterocycles. The minimum atomic E-state index is -3.34. The van der Waals surface area contributed by atoms with E-state index < -0.39 is 27.4 Å². The molecule has 0 aliphatic heterocycles. The molecular formula is C9H17NO4S. The van der Waals surface area contributed by atoms with E-state index in [9.17, 15) is 13.2 Å². The van der Waals surface area contributed by atoms with Crippen LogP contribution in [0.1, 0.15) is 32.6 Å². The van der Waals surface area contributed by atoms with E-state index in [4.69, 9.17) is 5.11 Å². The predicted octanol–water partition coefficient (Wildman–Crippen LogP) is 0.569. The van der Waals surface area contributed by atoms with Gasteiger partial charge in [0.15, 0.2) is 0 Å². The van der Waals surface area contributed by atoms with Crippen molar-refractivity contribution < 1.29 is 18.3 Å². The summed E-state index contributed by atoms with van der Waals surface area (Å²) in [4.78, 5) is 11.1. The molecule has 6 heteroatoms. The van der Waals surface area contributed by atoms with Crippen molar-refractivity contribution in [3.63, 3.8) is 0 Å². The third kappa shape index (κ3) is 2.92. The van der Waals surface area contributed by atoms with Crippen LogP contribution in [0.3, 0.4) is 0 Å². The first-order valence-electron chi connectivity index (χ1n) is 4.96. The summed E-state index contributed by atoms with van der Waals surface area (Å²) in [5.74, 6) is -0.927. The summed E-state index contributed by atoms with van der Waals surface area (Å²) in [6.45, 7) is 1.61. The summed E-state index contributed by atoms with van der Waals surface area (Å²) in [5.41, 5.74) is -0.971. The Bertz CT molecular complexity index is 351. The molecule has 88 valence electrons. The Morgan fingerprint density at radius 1 is 1.47 bits per heavy atom. The predicted molar refractivity (Wildman–Crippen MR) is 56.0 cm³/mol. The fraction of sp³-hybridized carbons (Fsp3) is 0.889. The van der Waals surface area contributed by atoms with Gasteiger partial charge < -0.3 is 5.11 Å². The van der Waals surface area contributed by atoms with E-state index in [1.54, 1.807) is 6.92 Å². The minimum Gasteiger partial charge on any atom is -0.481 e. The van der Waals surface area contributed by atoms with E-state index in [0.717, 1.165) is 19.1 Å². The van der Waals surface area contributed by atoms with Crippen LogP contribution in [0, 0.1) is 5.41 Å². The lowest BCUT2D eigenvalue weighted by atomic mass is 9.72. The maximum absolute atomic E-state index is 11.1. The number of rotatable bonds is 3. The second-order valence-corrected chi connectivity index (χ2v) is 6.19. The quantitative estimate of drug-likeness (QED) is 0.749. The van der Waals surface area contributed by atoms with E-state index in [2.05, 4.69) is 4.72 Å². The highest BCUT2D eigenvalue weighted by Crippen LogP contribution is 2.36. The van der Waals surface area contributed by atoms with Crippen molar-refractivity contribution in [2.45, 2.75) is 38.6 Å². The Morgan fingerprint density at radius 3 is 2.53 bits per heavy atom. The monoisotopic (exact) mass is 235 g/mol. The van der Waals surface area contributed by atoms with Crippen LogP contribution >= 0.6 is 0 Å². The molecule has 1 fully saturated rings. The minimum absolute atomic E-state index is 0.487. The van der Waals surface area contributed by atoms with E-state index in [-0.39, 0.29) is 0 Å². The molecule has 1 aliphatic carbocycles. The summed E-state index contributed by atoms with van der Waals surface area (Å²) in [6.07, 6.45) is 3.88. The molecule has 1 aliphatic rings. The molecule has 15 heavy (non-hydrogen) atoms. The van der Waals surface area contributed by atoms with Crippen molar-refractivity contribution >= 4 is 16.0 Å². The van der Waals surface area contributed by atoms with Crippen molar-refractivity contribution in [1.29, 1.82) is 0 Å². The molecule has 0 aromatic carbocycles. The van der Waals surface area contributed by atoms with Crippen molar-refractivity contribution in [2.75, 3.05) is 6.26 Å². The first kappa shape index (κ1) is 12.4. The Hall–Kier alpha value is -0.620. The van der Waals surface area contributed by atoms with Gasteiger partial charge in [0.2, 0.25) is 10.0 Å². The molecule has 0 amide bonds. The number of aliphatic carboxylic acids is 1. The molecule has 0 aromatic rings. The highest BCUT2D eigenvalue weighted by atomic mass is 32.2. The zero-order valence-corrected chi connectivity index (χ0v) is 9.80. The Balaban J connectivity index is 2.88. The number of sulfonamides is 1. The maximum Gasteiger partial charge on any atom is 0.310 e. The van der Waals surface area contributed by atoms with Crippen LogP contribution in [-0.4, -0.2) is 31.8 Å². The molecule has 0 radical (unpaired) electrons. The number of hydrogen-bond donors (Lipinski definition) is 2. The lowest BCUT2D eigenvalue weighted by molar-refractivity contribution is -0.151. The fourth-order valence-corrected chi connectivity index (χ4v) is 2.93. The fourth-order valence-electron chi connectivity index (χ4n) is 2.04. The molecule has 0 bridgehead atoms. The Morgan fingerprint density at radius 2 is 2.07 bits per heavy atom. The lowest BCUT2D eigenvalue weighted by Gasteiger charge is -2.37. The van der Waals surface area contributed by atoms with Crippen LogP contribution in [0.15, 0.2) is 0 Å². The maximum atomic E-state index is 11.1. The number of carbonyl (C=O) groups is 1. The summed E-state index contributed by atoms with van der Waals surface area (Å²) in [6, 6.07) is -0.487. The van der Waals surface area contributed by atoms with Gasteiger partial charge in [0.05, 0.1) is 11.7 Å². The zero-order valence-electron chi connectivity index (χ0n) is 8.99. The second kappa shape index (κ2) is 4.09.